The molecule has 0 heterocycles. The predicted octanol–water partition coefficient (Wildman–Crippen LogP) is 3.96. The van der Waals surface area contributed by atoms with Gasteiger partial charge < -0.3 is 5.73 Å². The number of benzene rings is 1. The fourth-order valence-corrected chi connectivity index (χ4v) is 3.13. The van der Waals surface area contributed by atoms with Gasteiger partial charge in [-0.25, -0.2) is 4.39 Å². The fourth-order valence-electron chi connectivity index (χ4n) is 3.13. The molecule has 94 valence electrons. The SMILES string of the molecule is Cc1cc(C(N)C2CCCC2(C)C)ccc1F. The van der Waals surface area contributed by atoms with Crippen molar-refractivity contribution >= 4 is 0 Å². The van der Waals surface area contributed by atoms with Gasteiger partial charge in [0, 0.05) is 6.04 Å². The Bertz CT molecular complexity index is 411. The third kappa shape index (κ3) is 2.37. The monoisotopic (exact) mass is 235 g/mol. The lowest BCUT2D eigenvalue weighted by Gasteiger charge is -2.32. The second-order valence-corrected chi connectivity index (χ2v) is 6.02. The summed E-state index contributed by atoms with van der Waals surface area (Å²) in [5.41, 5.74) is 8.44. The molecule has 0 aliphatic heterocycles. The maximum atomic E-state index is 13.3. The number of aryl methyl sites for hydroxylation is 1. The van der Waals surface area contributed by atoms with Crippen LogP contribution < -0.4 is 5.73 Å². The van der Waals surface area contributed by atoms with Gasteiger partial charge in [-0.15, -0.1) is 0 Å². The highest BCUT2D eigenvalue weighted by Crippen LogP contribution is 2.47. The van der Waals surface area contributed by atoms with Gasteiger partial charge in [-0.3, -0.25) is 0 Å². The first-order valence-electron chi connectivity index (χ1n) is 6.43. The Balaban J connectivity index is 2.25. The molecule has 0 amide bonds. The van der Waals surface area contributed by atoms with Crippen molar-refractivity contribution in [3.63, 3.8) is 0 Å². The van der Waals surface area contributed by atoms with Crippen molar-refractivity contribution in [1.29, 1.82) is 0 Å². The Kier molecular flexibility index (Phi) is 3.26. The van der Waals surface area contributed by atoms with Crippen LogP contribution >= 0.6 is 0 Å². The predicted molar refractivity (Wildman–Crippen MR) is 69.2 cm³/mol. The summed E-state index contributed by atoms with van der Waals surface area (Å²) in [5, 5.41) is 0. The van der Waals surface area contributed by atoms with E-state index in [1.807, 2.05) is 12.1 Å². The quantitative estimate of drug-likeness (QED) is 0.825. The maximum absolute atomic E-state index is 13.3. The van der Waals surface area contributed by atoms with E-state index >= 15 is 0 Å². The topological polar surface area (TPSA) is 26.0 Å². The van der Waals surface area contributed by atoms with E-state index in [0.717, 1.165) is 5.56 Å². The molecular weight excluding hydrogens is 213 g/mol. The van der Waals surface area contributed by atoms with Crippen molar-refractivity contribution < 1.29 is 4.39 Å². The van der Waals surface area contributed by atoms with Crippen LogP contribution in [0.25, 0.3) is 0 Å². The van der Waals surface area contributed by atoms with E-state index in [1.54, 1.807) is 6.92 Å². The molecule has 2 atom stereocenters. The zero-order chi connectivity index (χ0) is 12.6. The molecule has 0 bridgehead atoms. The highest BCUT2D eigenvalue weighted by molar-refractivity contribution is 5.27. The molecule has 0 spiro atoms. The van der Waals surface area contributed by atoms with Crippen LogP contribution in [-0.4, -0.2) is 0 Å². The highest BCUT2D eigenvalue weighted by atomic mass is 19.1. The molecule has 1 nitrogen and oxygen atoms in total. The van der Waals surface area contributed by atoms with Crippen molar-refractivity contribution in [3.05, 3.63) is 35.1 Å². The Morgan fingerprint density at radius 1 is 1.41 bits per heavy atom. The van der Waals surface area contributed by atoms with Crippen molar-refractivity contribution in [1.82, 2.24) is 0 Å². The average molecular weight is 235 g/mol. The molecule has 1 aromatic rings. The van der Waals surface area contributed by atoms with Crippen LogP contribution in [0.15, 0.2) is 18.2 Å². The minimum atomic E-state index is -0.147. The van der Waals surface area contributed by atoms with Crippen LogP contribution in [-0.2, 0) is 0 Å². The second-order valence-electron chi connectivity index (χ2n) is 6.02. The van der Waals surface area contributed by atoms with E-state index < -0.39 is 0 Å². The van der Waals surface area contributed by atoms with Crippen LogP contribution in [0.2, 0.25) is 0 Å². The molecule has 2 rings (SSSR count). The zero-order valence-corrected chi connectivity index (χ0v) is 11.0. The van der Waals surface area contributed by atoms with Gasteiger partial charge in [0.2, 0.25) is 0 Å². The van der Waals surface area contributed by atoms with Crippen molar-refractivity contribution in [3.8, 4) is 0 Å². The van der Waals surface area contributed by atoms with Gasteiger partial charge in [0.05, 0.1) is 0 Å². The first-order valence-corrected chi connectivity index (χ1v) is 6.43. The van der Waals surface area contributed by atoms with Gasteiger partial charge in [0.15, 0.2) is 0 Å². The van der Waals surface area contributed by atoms with Crippen LogP contribution in [0, 0.1) is 24.1 Å². The van der Waals surface area contributed by atoms with E-state index in [1.165, 1.54) is 25.3 Å². The Labute approximate surface area is 103 Å². The minimum absolute atomic E-state index is 0.0341. The molecular formula is C15H22FN. The summed E-state index contributed by atoms with van der Waals surface area (Å²) in [5.74, 6) is 0.360. The molecule has 0 radical (unpaired) electrons. The molecule has 0 aromatic heterocycles. The lowest BCUT2D eigenvalue weighted by atomic mass is 9.76. The highest BCUT2D eigenvalue weighted by Gasteiger charge is 2.38. The van der Waals surface area contributed by atoms with Crippen molar-refractivity contribution in [2.24, 2.45) is 17.1 Å². The van der Waals surface area contributed by atoms with Crippen LogP contribution in [0.3, 0.4) is 0 Å². The molecule has 1 aliphatic rings. The normalized spacial score (nSPS) is 24.9. The fraction of sp³-hybridized carbons (Fsp3) is 0.600. The molecule has 0 saturated heterocycles. The summed E-state index contributed by atoms with van der Waals surface area (Å²) in [6.45, 7) is 6.38. The average Bonchev–Trinajstić information content (AvgIpc) is 2.61. The summed E-state index contributed by atoms with van der Waals surface area (Å²) < 4.78 is 13.3. The molecule has 1 saturated carbocycles. The molecule has 2 unspecified atom stereocenters. The number of hydrogen-bond acceptors (Lipinski definition) is 1. The Morgan fingerprint density at radius 3 is 2.65 bits per heavy atom. The first kappa shape index (κ1) is 12.6. The summed E-state index contributed by atoms with van der Waals surface area (Å²) in [4.78, 5) is 0. The Morgan fingerprint density at radius 2 is 2.12 bits per heavy atom. The third-order valence-electron chi connectivity index (χ3n) is 4.34. The minimum Gasteiger partial charge on any atom is -0.324 e. The Hall–Kier alpha value is -0.890. The third-order valence-corrected chi connectivity index (χ3v) is 4.34. The maximum Gasteiger partial charge on any atom is 0.126 e. The van der Waals surface area contributed by atoms with Crippen LogP contribution in [0.4, 0.5) is 4.39 Å². The van der Waals surface area contributed by atoms with Crippen LogP contribution in [0.1, 0.15) is 50.3 Å². The standard InChI is InChI=1S/C15H22FN/c1-10-9-11(6-7-13(10)16)14(17)12-5-4-8-15(12,2)3/h6-7,9,12,14H,4-5,8,17H2,1-3H3. The summed E-state index contributed by atoms with van der Waals surface area (Å²) in [6, 6.07) is 5.30. The number of hydrogen-bond donors (Lipinski definition) is 1. The lowest BCUT2D eigenvalue weighted by Crippen LogP contribution is -2.29. The van der Waals surface area contributed by atoms with Crippen LogP contribution in [0.5, 0.6) is 0 Å². The lowest BCUT2D eigenvalue weighted by molar-refractivity contribution is 0.222. The van der Waals surface area contributed by atoms with Gasteiger partial charge in [-0.2, -0.15) is 0 Å². The van der Waals surface area contributed by atoms with E-state index in [-0.39, 0.29) is 11.9 Å². The smallest absolute Gasteiger partial charge is 0.126 e. The second kappa shape index (κ2) is 4.41. The van der Waals surface area contributed by atoms with E-state index in [9.17, 15) is 4.39 Å². The van der Waals surface area contributed by atoms with Gasteiger partial charge in [0.25, 0.3) is 0 Å². The molecule has 2 N–H and O–H groups in total. The molecule has 1 aromatic carbocycles. The number of halogens is 1. The summed E-state index contributed by atoms with van der Waals surface area (Å²) in [7, 11) is 0. The summed E-state index contributed by atoms with van der Waals surface area (Å²) >= 11 is 0. The number of rotatable bonds is 2. The van der Waals surface area contributed by atoms with Gasteiger partial charge in [-0.05, 0) is 48.3 Å². The molecule has 1 aliphatic carbocycles. The van der Waals surface area contributed by atoms with Gasteiger partial charge in [-0.1, -0.05) is 32.4 Å². The summed E-state index contributed by atoms with van der Waals surface area (Å²) in [6.07, 6.45) is 3.68. The van der Waals surface area contributed by atoms with E-state index in [2.05, 4.69) is 13.8 Å². The van der Waals surface area contributed by atoms with Crippen molar-refractivity contribution in [2.45, 2.75) is 46.1 Å². The molecule has 17 heavy (non-hydrogen) atoms. The van der Waals surface area contributed by atoms with Gasteiger partial charge >= 0.3 is 0 Å². The zero-order valence-electron chi connectivity index (χ0n) is 11.0. The van der Waals surface area contributed by atoms with E-state index in [4.69, 9.17) is 5.73 Å². The number of nitrogens with two attached hydrogens (primary N) is 1. The molecule has 2 heteroatoms. The first-order chi connectivity index (χ1) is 7.92. The van der Waals surface area contributed by atoms with E-state index in [0.29, 0.717) is 16.9 Å². The van der Waals surface area contributed by atoms with Gasteiger partial charge in [0.1, 0.15) is 5.82 Å². The molecule has 1 fully saturated rings. The van der Waals surface area contributed by atoms with Crippen molar-refractivity contribution in [2.75, 3.05) is 0 Å². The largest absolute Gasteiger partial charge is 0.324 e.